The second-order valence-corrected chi connectivity index (χ2v) is 7.33. The van der Waals surface area contributed by atoms with Crippen LogP contribution in [0.15, 0.2) is 42.5 Å². The van der Waals surface area contributed by atoms with Crippen molar-refractivity contribution in [2.45, 2.75) is 19.4 Å². The lowest BCUT2D eigenvalue weighted by atomic mass is 10.1. The van der Waals surface area contributed by atoms with Crippen molar-refractivity contribution in [2.75, 3.05) is 41.4 Å². The van der Waals surface area contributed by atoms with E-state index in [4.69, 9.17) is 21.1 Å². The molecule has 5 nitrogen and oxygen atoms in total. The van der Waals surface area contributed by atoms with Crippen molar-refractivity contribution in [3.05, 3.63) is 58.6 Å². The van der Waals surface area contributed by atoms with Crippen molar-refractivity contribution >= 4 is 17.5 Å². The first kappa shape index (κ1) is 22.1. The highest BCUT2D eigenvalue weighted by molar-refractivity contribution is 6.30. The third-order valence-electron chi connectivity index (χ3n) is 4.55. The highest BCUT2D eigenvalue weighted by Crippen LogP contribution is 2.31. The molecule has 0 spiro atoms. The van der Waals surface area contributed by atoms with Crippen LogP contribution in [0.3, 0.4) is 0 Å². The predicted molar refractivity (Wildman–Crippen MR) is 113 cm³/mol. The zero-order valence-electron chi connectivity index (χ0n) is 17.1. The zero-order valence-corrected chi connectivity index (χ0v) is 17.8. The van der Waals surface area contributed by atoms with E-state index in [0.29, 0.717) is 42.5 Å². The van der Waals surface area contributed by atoms with Crippen LogP contribution in [-0.2, 0) is 17.8 Å². The number of benzene rings is 2. The van der Waals surface area contributed by atoms with Gasteiger partial charge in [-0.1, -0.05) is 35.9 Å². The number of carbonyl (C=O) groups excluding carboxylic acids is 1. The Bertz CT molecular complexity index is 763. The van der Waals surface area contributed by atoms with Crippen molar-refractivity contribution in [3.63, 3.8) is 0 Å². The van der Waals surface area contributed by atoms with E-state index in [1.54, 1.807) is 14.2 Å². The molecule has 28 heavy (non-hydrogen) atoms. The molecule has 0 heterocycles. The number of likely N-dealkylation sites (N-methyl/N-ethyl adjacent to an activating group) is 1. The number of methoxy groups -OCH3 is 2. The quantitative estimate of drug-likeness (QED) is 0.602. The SMILES string of the molecule is COc1cccc(CCC(=O)N(CCN(C)C)Cc2ccc(Cl)cc2)c1OC. The summed E-state index contributed by atoms with van der Waals surface area (Å²) in [6.07, 6.45) is 1.00. The summed E-state index contributed by atoms with van der Waals surface area (Å²) in [7, 11) is 7.24. The smallest absolute Gasteiger partial charge is 0.223 e. The predicted octanol–water partition coefficient (Wildman–Crippen LogP) is 3.88. The van der Waals surface area contributed by atoms with Crippen molar-refractivity contribution in [3.8, 4) is 11.5 Å². The molecular weight excluding hydrogens is 376 g/mol. The average molecular weight is 405 g/mol. The Morgan fingerprint density at radius 2 is 1.71 bits per heavy atom. The second-order valence-electron chi connectivity index (χ2n) is 6.90. The van der Waals surface area contributed by atoms with E-state index >= 15 is 0 Å². The van der Waals surface area contributed by atoms with Crippen LogP contribution in [0.5, 0.6) is 11.5 Å². The number of para-hydroxylation sites is 1. The van der Waals surface area contributed by atoms with Gasteiger partial charge in [-0.3, -0.25) is 4.79 Å². The molecule has 0 bridgehead atoms. The highest BCUT2D eigenvalue weighted by Gasteiger charge is 2.17. The van der Waals surface area contributed by atoms with Crippen LogP contribution in [0.25, 0.3) is 0 Å². The molecule has 2 aromatic carbocycles. The molecule has 0 aliphatic carbocycles. The van der Waals surface area contributed by atoms with Crippen LogP contribution in [0.1, 0.15) is 17.5 Å². The number of nitrogens with zero attached hydrogens (tertiary/aromatic N) is 2. The Morgan fingerprint density at radius 1 is 1.00 bits per heavy atom. The number of ether oxygens (including phenoxy) is 2. The summed E-state index contributed by atoms with van der Waals surface area (Å²) >= 11 is 5.98. The molecule has 0 aromatic heterocycles. The standard InChI is InChI=1S/C22H29ClN2O3/c1-24(2)14-15-25(16-17-8-11-19(23)12-9-17)21(26)13-10-18-6-5-7-20(27-3)22(18)28-4/h5-9,11-12H,10,13-16H2,1-4H3. The van der Waals surface area contributed by atoms with E-state index < -0.39 is 0 Å². The topological polar surface area (TPSA) is 42.0 Å². The third kappa shape index (κ3) is 6.43. The molecule has 0 N–H and O–H groups in total. The van der Waals surface area contributed by atoms with Gasteiger partial charge in [-0.05, 0) is 49.8 Å². The van der Waals surface area contributed by atoms with Gasteiger partial charge < -0.3 is 19.3 Å². The fourth-order valence-electron chi connectivity index (χ4n) is 2.97. The number of amides is 1. The Morgan fingerprint density at radius 3 is 2.32 bits per heavy atom. The van der Waals surface area contributed by atoms with Gasteiger partial charge in [0.25, 0.3) is 0 Å². The third-order valence-corrected chi connectivity index (χ3v) is 4.80. The lowest BCUT2D eigenvalue weighted by molar-refractivity contribution is -0.132. The summed E-state index contributed by atoms with van der Waals surface area (Å²) in [5.74, 6) is 1.48. The zero-order chi connectivity index (χ0) is 20.5. The molecule has 0 saturated heterocycles. The van der Waals surface area contributed by atoms with Crippen LogP contribution < -0.4 is 9.47 Å². The normalized spacial score (nSPS) is 10.8. The van der Waals surface area contributed by atoms with Gasteiger partial charge in [-0.15, -0.1) is 0 Å². The van der Waals surface area contributed by atoms with Crippen LogP contribution in [0.4, 0.5) is 0 Å². The molecule has 2 aromatic rings. The van der Waals surface area contributed by atoms with Gasteiger partial charge in [0.2, 0.25) is 5.91 Å². The minimum Gasteiger partial charge on any atom is -0.493 e. The summed E-state index contributed by atoms with van der Waals surface area (Å²) in [4.78, 5) is 16.9. The molecule has 6 heteroatoms. The van der Waals surface area contributed by atoms with Gasteiger partial charge in [-0.2, -0.15) is 0 Å². The fraction of sp³-hybridized carbons (Fsp3) is 0.409. The fourth-order valence-corrected chi connectivity index (χ4v) is 3.10. The van der Waals surface area contributed by atoms with E-state index in [2.05, 4.69) is 4.90 Å². The monoisotopic (exact) mass is 404 g/mol. The van der Waals surface area contributed by atoms with E-state index in [1.807, 2.05) is 61.5 Å². The van der Waals surface area contributed by atoms with Gasteiger partial charge in [0.1, 0.15) is 0 Å². The van der Waals surface area contributed by atoms with E-state index in [9.17, 15) is 4.79 Å². The van der Waals surface area contributed by atoms with Gasteiger partial charge in [0.15, 0.2) is 11.5 Å². The number of hydrogen-bond donors (Lipinski definition) is 0. The van der Waals surface area contributed by atoms with Crippen LogP contribution in [0.2, 0.25) is 5.02 Å². The maximum absolute atomic E-state index is 13.0. The first-order valence-electron chi connectivity index (χ1n) is 9.31. The molecule has 152 valence electrons. The minimum atomic E-state index is 0.113. The van der Waals surface area contributed by atoms with Crippen LogP contribution >= 0.6 is 11.6 Å². The minimum absolute atomic E-state index is 0.113. The summed E-state index contributed by atoms with van der Waals surface area (Å²) in [5, 5.41) is 0.694. The molecule has 0 radical (unpaired) electrons. The Kier molecular flexibility index (Phi) is 8.61. The Balaban J connectivity index is 2.08. The molecule has 0 aliphatic rings. The van der Waals surface area contributed by atoms with E-state index in [0.717, 1.165) is 17.7 Å². The van der Waals surface area contributed by atoms with Gasteiger partial charge in [0.05, 0.1) is 14.2 Å². The van der Waals surface area contributed by atoms with Crippen molar-refractivity contribution in [1.82, 2.24) is 9.80 Å². The van der Waals surface area contributed by atoms with Crippen LogP contribution in [0, 0.1) is 0 Å². The maximum atomic E-state index is 13.0. The number of halogens is 1. The average Bonchev–Trinajstić information content (AvgIpc) is 2.70. The summed E-state index contributed by atoms with van der Waals surface area (Å²) in [6, 6.07) is 13.4. The number of hydrogen-bond acceptors (Lipinski definition) is 4. The largest absolute Gasteiger partial charge is 0.493 e. The van der Waals surface area contributed by atoms with E-state index in [1.165, 1.54) is 0 Å². The van der Waals surface area contributed by atoms with Gasteiger partial charge in [0, 0.05) is 31.1 Å². The molecule has 0 fully saturated rings. The molecule has 0 aliphatic heterocycles. The lowest BCUT2D eigenvalue weighted by Crippen LogP contribution is -2.36. The Labute approximate surface area is 172 Å². The maximum Gasteiger partial charge on any atom is 0.223 e. The number of aryl methyl sites for hydroxylation is 1. The Hall–Kier alpha value is -2.24. The molecule has 0 atom stereocenters. The molecule has 0 saturated carbocycles. The van der Waals surface area contributed by atoms with Gasteiger partial charge >= 0.3 is 0 Å². The highest BCUT2D eigenvalue weighted by atomic mass is 35.5. The first-order valence-corrected chi connectivity index (χ1v) is 9.69. The van der Waals surface area contributed by atoms with Crippen molar-refractivity contribution < 1.29 is 14.3 Å². The molecular formula is C22H29ClN2O3. The molecule has 1 amide bonds. The van der Waals surface area contributed by atoms with Gasteiger partial charge in [-0.25, -0.2) is 0 Å². The number of rotatable bonds is 10. The summed E-state index contributed by atoms with van der Waals surface area (Å²) in [5.41, 5.74) is 2.03. The molecule has 0 unspecified atom stereocenters. The van der Waals surface area contributed by atoms with Crippen molar-refractivity contribution in [1.29, 1.82) is 0 Å². The van der Waals surface area contributed by atoms with Crippen LogP contribution in [-0.4, -0.2) is 57.1 Å². The van der Waals surface area contributed by atoms with Crippen molar-refractivity contribution in [2.24, 2.45) is 0 Å². The lowest BCUT2D eigenvalue weighted by Gasteiger charge is -2.25. The summed E-state index contributed by atoms with van der Waals surface area (Å²) in [6.45, 7) is 2.05. The number of carbonyl (C=O) groups is 1. The van der Waals surface area contributed by atoms with E-state index in [-0.39, 0.29) is 5.91 Å². The second kappa shape index (κ2) is 10.9. The first-order chi connectivity index (χ1) is 13.4. The summed E-state index contributed by atoms with van der Waals surface area (Å²) < 4.78 is 10.8. The molecule has 2 rings (SSSR count).